The molecule has 3 aromatic carbocycles. The first-order valence-corrected chi connectivity index (χ1v) is 14.9. The summed E-state index contributed by atoms with van der Waals surface area (Å²) in [7, 11) is -2.69. The molecule has 8 nitrogen and oxygen atoms in total. The first kappa shape index (κ1) is 31.3. The van der Waals surface area contributed by atoms with Gasteiger partial charge in [0.2, 0.25) is 11.8 Å². The van der Waals surface area contributed by atoms with Gasteiger partial charge in [0.05, 0.1) is 17.7 Å². The number of methoxy groups -OCH3 is 1. The van der Waals surface area contributed by atoms with Gasteiger partial charge in [0.25, 0.3) is 10.0 Å². The van der Waals surface area contributed by atoms with Crippen molar-refractivity contribution < 1.29 is 22.7 Å². The van der Waals surface area contributed by atoms with Gasteiger partial charge in [-0.3, -0.25) is 13.9 Å². The molecule has 0 aliphatic carbocycles. The van der Waals surface area contributed by atoms with E-state index in [1.807, 2.05) is 13.8 Å². The van der Waals surface area contributed by atoms with Gasteiger partial charge in [-0.2, -0.15) is 0 Å². The molecule has 2 amide bonds. The summed E-state index contributed by atoms with van der Waals surface area (Å²) < 4.78 is 33.9. The molecule has 0 bridgehead atoms. The molecule has 0 spiro atoms. The van der Waals surface area contributed by atoms with E-state index in [9.17, 15) is 18.0 Å². The Bertz CT molecular complexity index is 1430. The number of ether oxygens (including phenoxy) is 1. The molecule has 0 aliphatic rings. The fraction of sp³-hybridized carbons (Fsp3) is 0.310. The molecule has 214 valence electrons. The van der Waals surface area contributed by atoms with Gasteiger partial charge in [-0.15, -0.1) is 0 Å². The first-order valence-electron chi connectivity index (χ1n) is 12.7. The van der Waals surface area contributed by atoms with E-state index in [-0.39, 0.29) is 17.3 Å². The van der Waals surface area contributed by atoms with Crippen LogP contribution in [0.5, 0.6) is 5.75 Å². The number of anilines is 1. The summed E-state index contributed by atoms with van der Waals surface area (Å²) in [4.78, 5) is 28.2. The summed E-state index contributed by atoms with van der Waals surface area (Å²) in [6.07, 6.45) is 0.719. The number of hydrogen-bond donors (Lipinski definition) is 1. The summed E-state index contributed by atoms with van der Waals surface area (Å²) in [6, 6.07) is 16.7. The molecule has 0 unspecified atom stereocenters. The van der Waals surface area contributed by atoms with Crippen LogP contribution in [0, 0.1) is 6.92 Å². The van der Waals surface area contributed by atoms with Gasteiger partial charge in [0.15, 0.2) is 0 Å². The number of nitrogens with zero attached hydrogens (tertiary/aromatic N) is 2. The maximum atomic E-state index is 13.9. The molecule has 0 aliphatic heterocycles. The fourth-order valence-electron chi connectivity index (χ4n) is 3.93. The van der Waals surface area contributed by atoms with Crippen LogP contribution in [0.3, 0.4) is 0 Å². The topological polar surface area (TPSA) is 96.0 Å². The van der Waals surface area contributed by atoms with Crippen LogP contribution in [0.15, 0.2) is 71.6 Å². The minimum atomic E-state index is -4.18. The highest BCUT2D eigenvalue weighted by Crippen LogP contribution is 2.27. The van der Waals surface area contributed by atoms with Gasteiger partial charge < -0.3 is 15.0 Å². The zero-order valence-corrected chi connectivity index (χ0v) is 25.2. The van der Waals surface area contributed by atoms with Gasteiger partial charge in [0.1, 0.15) is 18.3 Å². The molecule has 0 saturated carbocycles. The number of halogens is 2. The number of hydrogen-bond acceptors (Lipinski definition) is 5. The molecule has 3 rings (SSSR count). The largest absolute Gasteiger partial charge is 0.497 e. The standard InChI is InChI=1S/C29H33Cl2N3O5S/c1-5-16-32-29(36)21(3)33(18-22-8-9-23(30)17-27(22)31)28(35)19-34(24-10-6-20(2)7-11-24)40(37,38)26-14-12-25(39-4)13-15-26/h6-15,17,21H,5,16,18-19H2,1-4H3,(H,32,36)/t21-/m0/s1. The molecule has 1 N–H and O–H groups in total. The van der Waals surface area contributed by atoms with Crippen molar-refractivity contribution in [2.45, 2.75) is 44.7 Å². The molecular formula is C29H33Cl2N3O5S. The van der Waals surface area contributed by atoms with Crippen LogP contribution >= 0.6 is 23.2 Å². The highest BCUT2D eigenvalue weighted by Gasteiger charge is 2.32. The number of carbonyl (C=O) groups is 2. The van der Waals surface area contributed by atoms with Crippen LogP contribution in [-0.4, -0.2) is 51.4 Å². The third-order valence-electron chi connectivity index (χ3n) is 6.32. The molecular weight excluding hydrogens is 573 g/mol. The average molecular weight is 607 g/mol. The van der Waals surface area contributed by atoms with Crippen molar-refractivity contribution in [1.29, 1.82) is 0 Å². The second-order valence-electron chi connectivity index (χ2n) is 9.25. The average Bonchev–Trinajstić information content (AvgIpc) is 2.94. The predicted molar refractivity (Wildman–Crippen MR) is 158 cm³/mol. The zero-order valence-electron chi connectivity index (χ0n) is 22.9. The highest BCUT2D eigenvalue weighted by atomic mass is 35.5. The second kappa shape index (κ2) is 13.9. The van der Waals surface area contributed by atoms with Crippen LogP contribution < -0.4 is 14.4 Å². The number of aryl methyl sites for hydroxylation is 1. The number of benzene rings is 3. The Morgan fingerprint density at radius 1 is 1.00 bits per heavy atom. The van der Waals surface area contributed by atoms with Crippen molar-refractivity contribution in [1.82, 2.24) is 10.2 Å². The normalized spacial score (nSPS) is 11.9. The van der Waals surface area contributed by atoms with Gasteiger partial charge in [-0.05, 0) is 74.4 Å². The Kier molecular flexibility index (Phi) is 10.8. The lowest BCUT2D eigenvalue weighted by Gasteiger charge is -2.32. The van der Waals surface area contributed by atoms with Crippen molar-refractivity contribution in [3.8, 4) is 5.75 Å². The Labute approximate surface area is 245 Å². The summed E-state index contributed by atoms with van der Waals surface area (Å²) in [5.41, 5.74) is 1.80. The van der Waals surface area contributed by atoms with E-state index >= 15 is 0 Å². The van der Waals surface area contributed by atoms with E-state index < -0.39 is 28.5 Å². The van der Waals surface area contributed by atoms with Crippen molar-refractivity contribution in [3.05, 3.63) is 87.9 Å². The third-order valence-corrected chi connectivity index (χ3v) is 8.70. The van der Waals surface area contributed by atoms with Crippen molar-refractivity contribution in [2.24, 2.45) is 0 Å². The molecule has 0 fully saturated rings. The quantitative estimate of drug-likeness (QED) is 0.296. The van der Waals surface area contributed by atoms with Gasteiger partial charge in [0, 0.05) is 23.1 Å². The molecule has 1 atom stereocenters. The highest BCUT2D eigenvalue weighted by molar-refractivity contribution is 7.92. The molecule has 0 saturated heterocycles. The summed E-state index contributed by atoms with van der Waals surface area (Å²) in [6.45, 7) is 5.26. The van der Waals surface area contributed by atoms with E-state index in [1.54, 1.807) is 49.4 Å². The van der Waals surface area contributed by atoms with Gasteiger partial charge in [-0.25, -0.2) is 8.42 Å². The number of rotatable bonds is 12. The molecule has 0 aromatic heterocycles. The van der Waals surface area contributed by atoms with Crippen molar-refractivity contribution in [3.63, 3.8) is 0 Å². The first-order chi connectivity index (χ1) is 19.0. The Hall–Kier alpha value is -3.27. The van der Waals surface area contributed by atoms with Gasteiger partial charge in [-0.1, -0.05) is 53.9 Å². The Morgan fingerprint density at radius 3 is 2.23 bits per heavy atom. The van der Waals surface area contributed by atoms with Crippen LogP contribution in [0.25, 0.3) is 0 Å². The lowest BCUT2D eigenvalue weighted by molar-refractivity contribution is -0.139. The monoisotopic (exact) mass is 605 g/mol. The van der Waals surface area contributed by atoms with Gasteiger partial charge >= 0.3 is 0 Å². The van der Waals surface area contributed by atoms with Crippen LogP contribution in [0.2, 0.25) is 10.0 Å². The minimum Gasteiger partial charge on any atom is -0.497 e. The summed E-state index contributed by atoms with van der Waals surface area (Å²) >= 11 is 12.5. The van der Waals surface area contributed by atoms with Crippen LogP contribution in [0.4, 0.5) is 5.69 Å². The summed E-state index contributed by atoms with van der Waals surface area (Å²) in [5, 5.41) is 3.56. The zero-order chi connectivity index (χ0) is 29.4. The predicted octanol–water partition coefficient (Wildman–Crippen LogP) is 5.45. The molecule has 3 aromatic rings. The maximum absolute atomic E-state index is 13.9. The smallest absolute Gasteiger partial charge is 0.264 e. The number of nitrogens with one attached hydrogen (secondary N) is 1. The maximum Gasteiger partial charge on any atom is 0.264 e. The SMILES string of the molecule is CCCNC(=O)[C@H](C)N(Cc1ccc(Cl)cc1Cl)C(=O)CN(c1ccc(C)cc1)S(=O)(=O)c1ccc(OC)cc1. The molecule has 11 heteroatoms. The summed E-state index contributed by atoms with van der Waals surface area (Å²) in [5.74, 6) is -0.446. The lowest BCUT2D eigenvalue weighted by atomic mass is 10.1. The molecule has 0 heterocycles. The number of carbonyl (C=O) groups excluding carboxylic acids is 2. The van der Waals surface area contributed by atoms with E-state index in [0.29, 0.717) is 33.6 Å². The lowest BCUT2D eigenvalue weighted by Crippen LogP contribution is -2.51. The Morgan fingerprint density at radius 2 is 1.65 bits per heavy atom. The Balaban J connectivity index is 2.03. The van der Waals surface area contributed by atoms with Crippen LogP contribution in [-0.2, 0) is 26.2 Å². The molecule has 40 heavy (non-hydrogen) atoms. The van der Waals surface area contributed by atoms with Crippen LogP contribution in [0.1, 0.15) is 31.4 Å². The fourth-order valence-corrected chi connectivity index (χ4v) is 5.81. The third kappa shape index (κ3) is 7.68. The second-order valence-corrected chi connectivity index (χ2v) is 12.0. The van der Waals surface area contributed by atoms with E-state index in [2.05, 4.69) is 5.32 Å². The number of sulfonamides is 1. The minimum absolute atomic E-state index is 0.0114. The van der Waals surface area contributed by atoms with E-state index in [0.717, 1.165) is 16.3 Å². The van der Waals surface area contributed by atoms with Crippen molar-refractivity contribution >= 4 is 50.7 Å². The molecule has 0 radical (unpaired) electrons. The number of amides is 2. The van der Waals surface area contributed by atoms with E-state index in [1.165, 1.54) is 36.3 Å². The van der Waals surface area contributed by atoms with Crippen molar-refractivity contribution in [2.75, 3.05) is 24.5 Å². The van der Waals surface area contributed by atoms with E-state index in [4.69, 9.17) is 27.9 Å².